The summed E-state index contributed by atoms with van der Waals surface area (Å²) < 4.78 is 5.85. The third-order valence-electron chi connectivity index (χ3n) is 7.60. The Morgan fingerprint density at radius 1 is 0.316 bits per heavy atom. The van der Waals surface area contributed by atoms with Crippen LogP contribution in [0, 0.1) is 0 Å². The highest BCUT2D eigenvalue weighted by Crippen LogP contribution is 2.12. The molecule has 0 bridgehead atoms. The zero-order valence-electron chi connectivity index (χ0n) is 26.6. The molecule has 1 nitrogen and oxygen atoms in total. The molecule has 0 aromatic carbocycles. The third-order valence-corrected chi connectivity index (χ3v) is 7.60. The molecule has 228 valence electrons. The Balaban J connectivity index is 0. The second-order valence-electron chi connectivity index (χ2n) is 11.5. The molecule has 0 rings (SSSR count). The standard InChI is InChI=1S/C36H70O.H3P/c1-3-5-7-9-11-13-15-17-19-21-23-25-27-29-31-33-35-37-36-34-32-30-28-26-24-22-20-18-16-14-12-10-8-6-4-2;/h17-20H,3-16,21-36H2,1-2H3;1H3/b19-17-,20-18-;. The van der Waals surface area contributed by atoms with Crippen molar-refractivity contribution in [2.45, 2.75) is 194 Å². The average Bonchev–Trinajstić information content (AvgIpc) is 2.91. The Kier molecular flexibility index (Phi) is 41.1. The molecule has 0 heterocycles. The van der Waals surface area contributed by atoms with E-state index in [-0.39, 0.29) is 9.90 Å². The molecule has 2 heteroatoms. The maximum atomic E-state index is 5.85. The lowest BCUT2D eigenvalue weighted by Gasteiger charge is -2.05. The van der Waals surface area contributed by atoms with Gasteiger partial charge in [-0.15, -0.1) is 0 Å². The van der Waals surface area contributed by atoms with Crippen LogP contribution in [-0.4, -0.2) is 13.2 Å². The first-order valence-electron chi connectivity index (χ1n) is 17.3. The van der Waals surface area contributed by atoms with Crippen LogP contribution in [0.3, 0.4) is 0 Å². The topological polar surface area (TPSA) is 9.23 Å². The van der Waals surface area contributed by atoms with E-state index in [4.69, 9.17) is 4.74 Å². The van der Waals surface area contributed by atoms with Gasteiger partial charge >= 0.3 is 0 Å². The van der Waals surface area contributed by atoms with Crippen molar-refractivity contribution in [2.24, 2.45) is 0 Å². The minimum absolute atomic E-state index is 0. The number of allylic oxidation sites excluding steroid dienone is 4. The third kappa shape index (κ3) is 38.0. The van der Waals surface area contributed by atoms with Crippen molar-refractivity contribution in [3.8, 4) is 0 Å². The first kappa shape index (κ1) is 40.0. The minimum Gasteiger partial charge on any atom is -0.381 e. The lowest BCUT2D eigenvalue weighted by atomic mass is 10.1. The van der Waals surface area contributed by atoms with Gasteiger partial charge in [0.1, 0.15) is 0 Å². The molecular formula is C36H73OP. The summed E-state index contributed by atoms with van der Waals surface area (Å²) in [6.07, 6.45) is 48.1. The Hall–Kier alpha value is -0.130. The van der Waals surface area contributed by atoms with Gasteiger partial charge in [-0.05, 0) is 64.2 Å². The fourth-order valence-electron chi connectivity index (χ4n) is 5.01. The zero-order valence-corrected chi connectivity index (χ0v) is 28.1. The van der Waals surface area contributed by atoms with E-state index in [1.807, 2.05) is 0 Å². The van der Waals surface area contributed by atoms with Crippen molar-refractivity contribution in [1.82, 2.24) is 0 Å². The SMILES string of the molecule is CCCCCCCC/C=C\CCCCCCCCOCCCCCCCC/C=C\CCCCCCCC.P. The Morgan fingerprint density at radius 2 is 0.553 bits per heavy atom. The lowest BCUT2D eigenvalue weighted by Crippen LogP contribution is -1.97. The second kappa shape index (κ2) is 39.0. The second-order valence-corrected chi connectivity index (χ2v) is 11.5. The first-order valence-corrected chi connectivity index (χ1v) is 17.3. The summed E-state index contributed by atoms with van der Waals surface area (Å²) in [5.74, 6) is 0. The van der Waals surface area contributed by atoms with Gasteiger partial charge in [-0.3, -0.25) is 0 Å². The maximum Gasteiger partial charge on any atom is 0.0466 e. The predicted octanol–water partition coefficient (Wildman–Crippen LogP) is 13.1. The summed E-state index contributed by atoms with van der Waals surface area (Å²) in [5.41, 5.74) is 0. The minimum atomic E-state index is 0. The molecule has 0 saturated carbocycles. The molecule has 0 aliphatic carbocycles. The molecule has 1 unspecified atom stereocenters. The molecule has 0 radical (unpaired) electrons. The Morgan fingerprint density at radius 3 is 0.842 bits per heavy atom. The van der Waals surface area contributed by atoms with E-state index in [2.05, 4.69) is 38.2 Å². The Labute approximate surface area is 245 Å². The average molecular weight is 553 g/mol. The van der Waals surface area contributed by atoms with Crippen LogP contribution in [0.15, 0.2) is 24.3 Å². The van der Waals surface area contributed by atoms with Crippen molar-refractivity contribution >= 4 is 9.90 Å². The molecule has 0 aromatic heterocycles. The number of ether oxygens (including phenoxy) is 1. The molecule has 0 aromatic rings. The zero-order chi connectivity index (χ0) is 26.7. The number of hydrogen-bond acceptors (Lipinski definition) is 1. The molecular weight excluding hydrogens is 479 g/mol. The van der Waals surface area contributed by atoms with E-state index in [0.29, 0.717) is 0 Å². The van der Waals surface area contributed by atoms with Crippen molar-refractivity contribution in [1.29, 1.82) is 0 Å². The molecule has 0 aliphatic rings. The number of unbranched alkanes of at least 4 members (excludes halogenated alkanes) is 24. The molecule has 0 amide bonds. The van der Waals surface area contributed by atoms with Gasteiger partial charge in [-0.1, -0.05) is 154 Å². The van der Waals surface area contributed by atoms with E-state index in [0.717, 1.165) is 13.2 Å². The van der Waals surface area contributed by atoms with Gasteiger partial charge in [0.25, 0.3) is 0 Å². The summed E-state index contributed by atoms with van der Waals surface area (Å²) >= 11 is 0. The van der Waals surface area contributed by atoms with Crippen molar-refractivity contribution in [3.05, 3.63) is 24.3 Å². The fraction of sp³-hybridized carbons (Fsp3) is 0.889. The molecule has 38 heavy (non-hydrogen) atoms. The van der Waals surface area contributed by atoms with Gasteiger partial charge in [0.2, 0.25) is 0 Å². The highest BCUT2D eigenvalue weighted by Gasteiger charge is 1.95. The van der Waals surface area contributed by atoms with E-state index in [1.165, 1.54) is 180 Å². The largest absolute Gasteiger partial charge is 0.381 e. The monoisotopic (exact) mass is 553 g/mol. The van der Waals surface area contributed by atoms with Gasteiger partial charge in [0.05, 0.1) is 0 Å². The molecule has 0 fully saturated rings. The van der Waals surface area contributed by atoms with Gasteiger partial charge in [0, 0.05) is 13.2 Å². The summed E-state index contributed by atoms with van der Waals surface area (Å²) in [6, 6.07) is 0. The summed E-state index contributed by atoms with van der Waals surface area (Å²) in [4.78, 5) is 0. The van der Waals surface area contributed by atoms with E-state index < -0.39 is 0 Å². The number of rotatable bonds is 32. The number of hydrogen-bond donors (Lipinski definition) is 0. The Bertz CT molecular complexity index is 405. The van der Waals surface area contributed by atoms with Crippen LogP contribution in [0.1, 0.15) is 194 Å². The van der Waals surface area contributed by atoms with Crippen molar-refractivity contribution in [2.75, 3.05) is 13.2 Å². The van der Waals surface area contributed by atoms with Gasteiger partial charge < -0.3 is 4.74 Å². The van der Waals surface area contributed by atoms with Gasteiger partial charge in [-0.2, -0.15) is 9.90 Å². The van der Waals surface area contributed by atoms with Crippen LogP contribution in [-0.2, 0) is 4.74 Å². The van der Waals surface area contributed by atoms with E-state index >= 15 is 0 Å². The van der Waals surface area contributed by atoms with Crippen LogP contribution in [0.2, 0.25) is 0 Å². The van der Waals surface area contributed by atoms with Crippen molar-refractivity contribution < 1.29 is 4.74 Å². The van der Waals surface area contributed by atoms with Crippen LogP contribution in [0.4, 0.5) is 0 Å². The van der Waals surface area contributed by atoms with Crippen LogP contribution >= 0.6 is 9.90 Å². The fourth-order valence-corrected chi connectivity index (χ4v) is 5.01. The molecule has 1 atom stereocenters. The van der Waals surface area contributed by atoms with Crippen LogP contribution < -0.4 is 0 Å². The summed E-state index contributed by atoms with van der Waals surface area (Å²) in [5, 5.41) is 0. The molecule has 0 N–H and O–H groups in total. The summed E-state index contributed by atoms with van der Waals surface area (Å²) in [7, 11) is 0. The smallest absolute Gasteiger partial charge is 0.0466 e. The van der Waals surface area contributed by atoms with E-state index in [1.54, 1.807) is 0 Å². The van der Waals surface area contributed by atoms with Crippen LogP contribution in [0.5, 0.6) is 0 Å². The van der Waals surface area contributed by atoms with Crippen LogP contribution in [0.25, 0.3) is 0 Å². The normalized spacial score (nSPS) is 11.6. The highest BCUT2D eigenvalue weighted by atomic mass is 31.0. The molecule has 0 spiro atoms. The van der Waals surface area contributed by atoms with Crippen molar-refractivity contribution in [3.63, 3.8) is 0 Å². The lowest BCUT2D eigenvalue weighted by molar-refractivity contribution is 0.125. The molecule has 0 saturated heterocycles. The van der Waals surface area contributed by atoms with Gasteiger partial charge in [-0.25, -0.2) is 0 Å². The predicted molar refractivity (Wildman–Crippen MR) is 181 cm³/mol. The first-order chi connectivity index (χ1) is 18.4. The summed E-state index contributed by atoms with van der Waals surface area (Å²) in [6.45, 7) is 6.54. The van der Waals surface area contributed by atoms with E-state index in [9.17, 15) is 0 Å². The van der Waals surface area contributed by atoms with Gasteiger partial charge in [0.15, 0.2) is 0 Å². The highest BCUT2D eigenvalue weighted by molar-refractivity contribution is 6.92. The maximum absolute atomic E-state index is 5.85. The molecule has 0 aliphatic heterocycles. The quantitative estimate of drug-likeness (QED) is 0.0458.